The Morgan fingerprint density at radius 1 is 1.00 bits per heavy atom. The van der Waals surface area contributed by atoms with Crippen molar-refractivity contribution in [2.24, 2.45) is 0 Å². The Morgan fingerprint density at radius 3 is 2.38 bits per heavy atom. The zero-order valence-corrected chi connectivity index (χ0v) is 9.36. The third-order valence-electron chi connectivity index (χ3n) is 3.22. The van der Waals surface area contributed by atoms with Crippen LogP contribution in [0.25, 0.3) is 0 Å². The summed E-state index contributed by atoms with van der Waals surface area (Å²) in [6.07, 6.45) is 12.7. The number of unbranched alkanes of at least 4 members (excludes halogenated alkanes) is 4. The van der Waals surface area contributed by atoms with Crippen LogP contribution in [-0.2, 0) is 0 Å². The van der Waals surface area contributed by atoms with Crippen LogP contribution < -0.4 is 0 Å². The van der Waals surface area contributed by atoms with Gasteiger partial charge in [-0.15, -0.1) is 0 Å². The Hall–Kier alpha value is -0.260. The molecule has 0 saturated heterocycles. The van der Waals surface area contributed by atoms with E-state index in [4.69, 9.17) is 0 Å². The Balaban J connectivity index is 2.02. The third-order valence-corrected chi connectivity index (χ3v) is 3.22. The monoisotopic (exact) mass is 180 g/mol. The molecule has 0 spiro atoms. The van der Waals surface area contributed by atoms with Crippen LogP contribution >= 0.6 is 0 Å². The first kappa shape index (κ1) is 10.8. The minimum Gasteiger partial charge on any atom is -0.0741 e. The molecule has 0 fully saturated rings. The van der Waals surface area contributed by atoms with Crippen molar-refractivity contribution in [3.8, 4) is 0 Å². The standard InChI is InChI=1S/C13H24/c1-3-4-5-6-7-10-13-11-8-9-12(13)2/h3-11H2,1-2H3. The van der Waals surface area contributed by atoms with Crippen LogP contribution in [0.5, 0.6) is 0 Å². The van der Waals surface area contributed by atoms with Crippen LogP contribution in [0, 0.1) is 0 Å². The van der Waals surface area contributed by atoms with Gasteiger partial charge in [0.1, 0.15) is 0 Å². The summed E-state index contributed by atoms with van der Waals surface area (Å²) in [6, 6.07) is 0. The van der Waals surface area contributed by atoms with Crippen LogP contribution in [0.4, 0.5) is 0 Å². The number of hydrogen-bond acceptors (Lipinski definition) is 0. The van der Waals surface area contributed by atoms with E-state index < -0.39 is 0 Å². The summed E-state index contributed by atoms with van der Waals surface area (Å²) in [5.74, 6) is 0. The summed E-state index contributed by atoms with van der Waals surface area (Å²) in [5, 5.41) is 0. The summed E-state index contributed by atoms with van der Waals surface area (Å²) in [6.45, 7) is 4.61. The van der Waals surface area contributed by atoms with E-state index in [1.165, 1.54) is 57.8 Å². The second-order valence-corrected chi connectivity index (χ2v) is 4.40. The maximum atomic E-state index is 2.33. The zero-order chi connectivity index (χ0) is 9.52. The fraction of sp³-hybridized carbons (Fsp3) is 0.846. The molecule has 76 valence electrons. The van der Waals surface area contributed by atoms with E-state index in [0.717, 1.165) is 0 Å². The van der Waals surface area contributed by atoms with Gasteiger partial charge in [-0.2, -0.15) is 0 Å². The lowest BCUT2D eigenvalue weighted by atomic mass is 10.0. The van der Waals surface area contributed by atoms with Gasteiger partial charge < -0.3 is 0 Å². The Labute approximate surface area is 83.4 Å². The molecule has 0 heteroatoms. The van der Waals surface area contributed by atoms with E-state index >= 15 is 0 Å². The minimum absolute atomic E-state index is 1.36. The Bertz CT molecular complexity index is 165. The average molecular weight is 180 g/mol. The van der Waals surface area contributed by atoms with Gasteiger partial charge in [-0.3, -0.25) is 0 Å². The van der Waals surface area contributed by atoms with Crippen molar-refractivity contribution in [2.45, 2.75) is 71.6 Å². The quantitative estimate of drug-likeness (QED) is 0.405. The second-order valence-electron chi connectivity index (χ2n) is 4.40. The first-order valence-electron chi connectivity index (χ1n) is 6.02. The predicted molar refractivity (Wildman–Crippen MR) is 59.9 cm³/mol. The van der Waals surface area contributed by atoms with Crippen LogP contribution in [0.1, 0.15) is 71.6 Å². The smallest absolute Gasteiger partial charge is 0.0315 e. The van der Waals surface area contributed by atoms with Crippen molar-refractivity contribution in [1.29, 1.82) is 0 Å². The summed E-state index contributed by atoms with van der Waals surface area (Å²) in [5.41, 5.74) is 3.49. The molecule has 0 aliphatic heterocycles. The van der Waals surface area contributed by atoms with Gasteiger partial charge in [0.25, 0.3) is 0 Å². The highest BCUT2D eigenvalue weighted by Gasteiger charge is 2.09. The van der Waals surface area contributed by atoms with Gasteiger partial charge in [-0.1, -0.05) is 43.8 Å². The minimum atomic E-state index is 1.36. The highest BCUT2D eigenvalue weighted by Crippen LogP contribution is 2.29. The molecule has 0 bridgehead atoms. The molecule has 0 heterocycles. The highest BCUT2D eigenvalue weighted by molar-refractivity contribution is 5.16. The van der Waals surface area contributed by atoms with Crippen LogP contribution in [-0.4, -0.2) is 0 Å². The van der Waals surface area contributed by atoms with Gasteiger partial charge in [-0.25, -0.2) is 0 Å². The average Bonchev–Trinajstić information content (AvgIpc) is 2.52. The van der Waals surface area contributed by atoms with Crippen molar-refractivity contribution < 1.29 is 0 Å². The summed E-state index contributed by atoms with van der Waals surface area (Å²) in [4.78, 5) is 0. The molecular weight excluding hydrogens is 156 g/mol. The fourth-order valence-corrected chi connectivity index (χ4v) is 2.24. The molecule has 1 rings (SSSR count). The maximum absolute atomic E-state index is 2.33. The van der Waals surface area contributed by atoms with E-state index in [9.17, 15) is 0 Å². The molecule has 0 atom stereocenters. The molecule has 1 aliphatic carbocycles. The second kappa shape index (κ2) is 6.23. The first-order chi connectivity index (χ1) is 6.34. The maximum Gasteiger partial charge on any atom is -0.0315 e. The van der Waals surface area contributed by atoms with Crippen molar-refractivity contribution in [2.75, 3.05) is 0 Å². The van der Waals surface area contributed by atoms with Gasteiger partial charge in [0.05, 0.1) is 0 Å². The number of allylic oxidation sites excluding steroid dienone is 2. The summed E-state index contributed by atoms with van der Waals surface area (Å²) in [7, 11) is 0. The van der Waals surface area contributed by atoms with Gasteiger partial charge in [0.2, 0.25) is 0 Å². The molecular formula is C13H24. The van der Waals surface area contributed by atoms with Crippen LogP contribution in [0.15, 0.2) is 11.1 Å². The lowest BCUT2D eigenvalue weighted by Gasteiger charge is -2.03. The fourth-order valence-electron chi connectivity index (χ4n) is 2.24. The van der Waals surface area contributed by atoms with Crippen LogP contribution in [0.2, 0.25) is 0 Å². The molecule has 0 aromatic heterocycles. The van der Waals surface area contributed by atoms with E-state index in [-0.39, 0.29) is 0 Å². The van der Waals surface area contributed by atoms with Gasteiger partial charge in [-0.05, 0) is 39.0 Å². The summed E-state index contributed by atoms with van der Waals surface area (Å²) >= 11 is 0. The van der Waals surface area contributed by atoms with E-state index in [2.05, 4.69) is 13.8 Å². The van der Waals surface area contributed by atoms with Crippen molar-refractivity contribution in [1.82, 2.24) is 0 Å². The SMILES string of the molecule is CCCCCCCC1=C(C)CCC1. The molecule has 0 aromatic carbocycles. The first-order valence-corrected chi connectivity index (χ1v) is 6.02. The normalized spacial score (nSPS) is 17.1. The largest absolute Gasteiger partial charge is 0.0741 e. The molecule has 1 aliphatic rings. The van der Waals surface area contributed by atoms with Crippen LogP contribution in [0.3, 0.4) is 0 Å². The molecule has 0 nitrogen and oxygen atoms in total. The number of rotatable bonds is 6. The lowest BCUT2D eigenvalue weighted by molar-refractivity contribution is 0.626. The molecule has 0 unspecified atom stereocenters. The van der Waals surface area contributed by atoms with E-state index in [0.29, 0.717) is 0 Å². The Kier molecular flexibility index (Phi) is 5.19. The zero-order valence-electron chi connectivity index (χ0n) is 9.36. The molecule has 0 amide bonds. The van der Waals surface area contributed by atoms with Gasteiger partial charge in [0.15, 0.2) is 0 Å². The lowest BCUT2D eigenvalue weighted by Crippen LogP contribution is -1.83. The van der Waals surface area contributed by atoms with Crippen molar-refractivity contribution in [3.63, 3.8) is 0 Å². The topological polar surface area (TPSA) is 0 Å². The number of hydrogen-bond donors (Lipinski definition) is 0. The van der Waals surface area contributed by atoms with Crippen molar-refractivity contribution >= 4 is 0 Å². The Morgan fingerprint density at radius 2 is 1.77 bits per heavy atom. The molecule has 13 heavy (non-hydrogen) atoms. The molecule has 0 saturated carbocycles. The van der Waals surface area contributed by atoms with E-state index in [1.54, 1.807) is 11.1 Å². The van der Waals surface area contributed by atoms with Crippen molar-refractivity contribution in [3.05, 3.63) is 11.1 Å². The van der Waals surface area contributed by atoms with Gasteiger partial charge in [0, 0.05) is 0 Å². The highest BCUT2D eigenvalue weighted by atomic mass is 14.1. The third kappa shape index (κ3) is 3.97. The van der Waals surface area contributed by atoms with E-state index in [1.807, 2.05) is 0 Å². The predicted octanol–water partition coefficient (Wildman–Crippen LogP) is 4.85. The molecule has 0 N–H and O–H groups in total. The summed E-state index contributed by atoms with van der Waals surface area (Å²) < 4.78 is 0. The molecule has 0 radical (unpaired) electrons. The van der Waals surface area contributed by atoms with Gasteiger partial charge >= 0.3 is 0 Å². The molecule has 0 aromatic rings.